The van der Waals surface area contributed by atoms with E-state index in [1.54, 1.807) is 24.3 Å². The molecule has 11 heteroatoms. The highest BCUT2D eigenvalue weighted by atomic mass is 19.4. The number of carbonyl (C=O) groups is 2. The standard InChI is InChI=1S/C20H21F3N2O.C2HF3O2/c1-12(19(24)20(26)25-9-8-16(22)11-25)13-2-4-14(5-3-13)17-7-6-15(21)10-18(17)23;3-2(4,5)1(6)7/h2-7,10,12,16,19H,8-9,11,24H2,1H3;(H,6,7)/t12-,16-,19-;/m0./s1. The molecule has 1 amide bonds. The Morgan fingerprint density at radius 3 is 2.15 bits per heavy atom. The van der Waals surface area contributed by atoms with Crippen molar-refractivity contribution >= 4 is 11.9 Å². The second-order valence-corrected chi connectivity index (χ2v) is 7.53. The molecule has 3 rings (SSSR count). The molecule has 0 aliphatic carbocycles. The molecule has 1 saturated heterocycles. The molecule has 0 radical (unpaired) electrons. The van der Waals surface area contributed by atoms with Crippen molar-refractivity contribution in [3.63, 3.8) is 0 Å². The van der Waals surface area contributed by atoms with Crippen LogP contribution in [0.3, 0.4) is 0 Å². The number of hydrogen-bond acceptors (Lipinski definition) is 3. The van der Waals surface area contributed by atoms with Gasteiger partial charge in [-0.25, -0.2) is 18.0 Å². The van der Waals surface area contributed by atoms with Gasteiger partial charge in [0, 0.05) is 24.1 Å². The Kier molecular flexibility index (Phi) is 8.48. The van der Waals surface area contributed by atoms with E-state index in [9.17, 15) is 31.1 Å². The van der Waals surface area contributed by atoms with E-state index in [2.05, 4.69) is 0 Å². The first kappa shape index (κ1) is 26.2. The van der Waals surface area contributed by atoms with Crippen LogP contribution in [-0.2, 0) is 9.59 Å². The summed E-state index contributed by atoms with van der Waals surface area (Å²) in [5.74, 6) is -4.54. The lowest BCUT2D eigenvalue weighted by Gasteiger charge is -2.25. The molecule has 1 aliphatic rings. The molecule has 1 heterocycles. The van der Waals surface area contributed by atoms with Crippen LogP contribution in [-0.4, -0.2) is 53.4 Å². The van der Waals surface area contributed by atoms with Crippen molar-refractivity contribution in [3.8, 4) is 11.1 Å². The maximum absolute atomic E-state index is 13.9. The Bertz CT molecular complexity index is 981. The third-order valence-electron chi connectivity index (χ3n) is 5.19. The molecular formula is C22H22F6N2O3. The number of likely N-dealkylation sites (tertiary alicyclic amines) is 1. The number of hydrogen-bond donors (Lipinski definition) is 2. The van der Waals surface area contributed by atoms with Gasteiger partial charge in [-0.05, 0) is 29.7 Å². The molecule has 2 aromatic carbocycles. The second-order valence-electron chi connectivity index (χ2n) is 7.53. The Morgan fingerprint density at radius 1 is 1.12 bits per heavy atom. The molecule has 0 unspecified atom stereocenters. The van der Waals surface area contributed by atoms with Gasteiger partial charge in [-0.2, -0.15) is 13.2 Å². The third kappa shape index (κ3) is 6.95. The summed E-state index contributed by atoms with van der Waals surface area (Å²) >= 11 is 0. The lowest BCUT2D eigenvalue weighted by Crippen LogP contribution is -2.45. The van der Waals surface area contributed by atoms with E-state index in [0.29, 0.717) is 24.1 Å². The quantitative estimate of drug-likeness (QED) is 0.646. The molecule has 1 aliphatic heterocycles. The molecule has 3 atom stereocenters. The minimum atomic E-state index is -5.08. The lowest BCUT2D eigenvalue weighted by molar-refractivity contribution is -0.192. The molecule has 0 spiro atoms. The minimum Gasteiger partial charge on any atom is -0.475 e. The zero-order chi connectivity index (χ0) is 24.9. The fraction of sp³-hybridized carbons (Fsp3) is 0.364. The first-order chi connectivity index (χ1) is 15.3. The van der Waals surface area contributed by atoms with E-state index in [1.807, 2.05) is 6.92 Å². The first-order valence-corrected chi connectivity index (χ1v) is 9.85. The number of carboxylic acids is 1. The van der Waals surface area contributed by atoms with Gasteiger partial charge in [0.05, 0.1) is 12.6 Å². The van der Waals surface area contributed by atoms with Gasteiger partial charge in [0.15, 0.2) is 0 Å². The normalized spacial score (nSPS) is 17.7. The van der Waals surface area contributed by atoms with E-state index in [-0.39, 0.29) is 18.4 Å². The van der Waals surface area contributed by atoms with Crippen LogP contribution in [0.15, 0.2) is 42.5 Å². The van der Waals surface area contributed by atoms with Gasteiger partial charge in [-0.3, -0.25) is 4.79 Å². The van der Waals surface area contributed by atoms with Crippen LogP contribution in [0.25, 0.3) is 11.1 Å². The SMILES string of the molecule is C[C@@H](c1ccc(-c2ccc(F)cc2F)cc1)[C@H](N)C(=O)N1CC[C@H](F)C1.O=C(O)C(F)(F)F. The number of carbonyl (C=O) groups excluding carboxylic acids is 1. The maximum Gasteiger partial charge on any atom is 0.490 e. The number of benzene rings is 2. The minimum absolute atomic E-state index is 0.0992. The summed E-state index contributed by atoms with van der Waals surface area (Å²) in [5.41, 5.74) is 7.83. The zero-order valence-corrected chi connectivity index (χ0v) is 17.5. The summed E-state index contributed by atoms with van der Waals surface area (Å²) in [6.45, 7) is 2.32. The Labute approximate surface area is 185 Å². The smallest absolute Gasteiger partial charge is 0.475 e. The van der Waals surface area contributed by atoms with Crippen LogP contribution in [0.4, 0.5) is 26.3 Å². The molecule has 0 saturated carbocycles. The van der Waals surface area contributed by atoms with Crippen LogP contribution in [0, 0.1) is 11.6 Å². The number of halogens is 6. The van der Waals surface area contributed by atoms with Crippen LogP contribution in [0.2, 0.25) is 0 Å². The van der Waals surface area contributed by atoms with Crippen LogP contribution >= 0.6 is 0 Å². The predicted molar refractivity (Wildman–Crippen MR) is 108 cm³/mol. The van der Waals surface area contributed by atoms with Crippen molar-refractivity contribution in [1.82, 2.24) is 4.90 Å². The highest BCUT2D eigenvalue weighted by molar-refractivity contribution is 5.83. The molecule has 0 bridgehead atoms. The van der Waals surface area contributed by atoms with Crippen LogP contribution in [0.5, 0.6) is 0 Å². The monoisotopic (exact) mass is 476 g/mol. The van der Waals surface area contributed by atoms with Gasteiger partial charge in [-0.1, -0.05) is 31.2 Å². The third-order valence-corrected chi connectivity index (χ3v) is 5.19. The molecule has 180 valence electrons. The summed E-state index contributed by atoms with van der Waals surface area (Å²) in [6.07, 6.45) is -5.71. The number of alkyl halides is 4. The fourth-order valence-corrected chi connectivity index (χ4v) is 3.24. The molecule has 0 aromatic heterocycles. The number of carboxylic acid groups (broad SMARTS) is 1. The van der Waals surface area contributed by atoms with Gasteiger partial charge >= 0.3 is 12.1 Å². The van der Waals surface area contributed by atoms with Crippen LogP contribution < -0.4 is 5.73 Å². The van der Waals surface area contributed by atoms with E-state index >= 15 is 0 Å². The van der Waals surface area contributed by atoms with Gasteiger partial charge in [0.25, 0.3) is 0 Å². The summed E-state index contributed by atoms with van der Waals surface area (Å²) < 4.78 is 72.0. The summed E-state index contributed by atoms with van der Waals surface area (Å²) in [4.78, 5) is 22.8. The van der Waals surface area contributed by atoms with Gasteiger partial charge in [-0.15, -0.1) is 0 Å². The average molecular weight is 476 g/mol. The molecular weight excluding hydrogens is 454 g/mol. The van der Waals surface area contributed by atoms with Crippen molar-refractivity contribution in [2.75, 3.05) is 13.1 Å². The number of rotatable bonds is 4. The lowest BCUT2D eigenvalue weighted by atomic mass is 9.91. The van der Waals surface area contributed by atoms with E-state index in [1.165, 1.54) is 17.0 Å². The average Bonchev–Trinajstić information content (AvgIpc) is 3.18. The van der Waals surface area contributed by atoms with E-state index in [4.69, 9.17) is 15.6 Å². The van der Waals surface area contributed by atoms with Crippen molar-refractivity contribution in [2.45, 2.75) is 37.7 Å². The predicted octanol–water partition coefficient (Wildman–Crippen LogP) is 4.27. The van der Waals surface area contributed by atoms with E-state index in [0.717, 1.165) is 11.6 Å². The van der Waals surface area contributed by atoms with Crippen molar-refractivity contribution in [2.24, 2.45) is 5.73 Å². The fourth-order valence-electron chi connectivity index (χ4n) is 3.24. The summed E-state index contributed by atoms with van der Waals surface area (Å²) in [5, 5.41) is 7.12. The number of amides is 1. The first-order valence-electron chi connectivity index (χ1n) is 9.85. The van der Waals surface area contributed by atoms with Crippen LogP contribution in [0.1, 0.15) is 24.8 Å². The molecule has 3 N–H and O–H groups in total. The highest BCUT2D eigenvalue weighted by Crippen LogP contribution is 2.27. The van der Waals surface area contributed by atoms with Crippen molar-refractivity contribution < 1.29 is 41.0 Å². The summed E-state index contributed by atoms with van der Waals surface area (Å²) in [7, 11) is 0. The van der Waals surface area contributed by atoms with Gasteiger partial charge < -0.3 is 15.7 Å². The van der Waals surface area contributed by atoms with Gasteiger partial charge in [0.2, 0.25) is 5.91 Å². The second kappa shape index (κ2) is 10.7. The topological polar surface area (TPSA) is 83.6 Å². The highest BCUT2D eigenvalue weighted by Gasteiger charge is 2.38. The number of nitrogens with zero attached hydrogens (tertiary/aromatic N) is 1. The Hall–Kier alpha value is -3.08. The van der Waals surface area contributed by atoms with Crippen molar-refractivity contribution in [3.05, 3.63) is 59.7 Å². The number of aliphatic carboxylic acids is 1. The molecule has 1 fully saturated rings. The molecule has 5 nitrogen and oxygen atoms in total. The molecule has 33 heavy (non-hydrogen) atoms. The number of nitrogens with two attached hydrogens (primary N) is 1. The Balaban J connectivity index is 0.000000479. The van der Waals surface area contributed by atoms with Crippen molar-refractivity contribution in [1.29, 1.82) is 0 Å². The maximum atomic E-state index is 13.9. The Morgan fingerprint density at radius 2 is 1.70 bits per heavy atom. The summed E-state index contributed by atoms with van der Waals surface area (Å²) in [6, 6.07) is 9.65. The molecule has 2 aromatic rings. The zero-order valence-electron chi connectivity index (χ0n) is 17.5. The largest absolute Gasteiger partial charge is 0.490 e. The van der Waals surface area contributed by atoms with E-state index < -0.39 is 36.0 Å². The van der Waals surface area contributed by atoms with Gasteiger partial charge in [0.1, 0.15) is 17.8 Å².